The van der Waals surface area contributed by atoms with Gasteiger partial charge in [0, 0.05) is 43.9 Å². The highest BCUT2D eigenvalue weighted by atomic mass is 16.5. The lowest BCUT2D eigenvalue weighted by Crippen LogP contribution is -2.49. The minimum Gasteiger partial charge on any atom is -0.392 e. The zero-order valence-electron chi connectivity index (χ0n) is 14.5. The lowest BCUT2D eigenvalue weighted by molar-refractivity contribution is 0.00362. The number of aliphatic hydroxyl groups excluding tert-OH is 1. The van der Waals surface area contributed by atoms with Gasteiger partial charge in [0.05, 0.1) is 18.3 Å². The molecule has 4 rings (SSSR count). The number of hydrogen-bond donors (Lipinski definition) is 2. The lowest BCUT2D eigenvalue weighted by atomic mass is 9.73. The van der Waals surface area contributed by atoms with Crippen molar-refractivity contribution in [1.82, 2.24) is 10.2 Å². The molecule has 3 saturated heterocycles. The molecule has 2 N–H and O–H groups in total. The maximum absolute atomic E-state index is 10.4. The Morgan fingerprint density at radius 3 is 2.52 bits per heavy atom. The van der Waals surface area contributed by atoms with Crippen molar-refractivity contribution < 1.29 is 9.84 Å². The first-order chi connectivity index (χ1) is 11.1. The molecular weight excluding hydrogens is 290 g/mol. The van der Waals surface area contributed by atoms with Crippen molar-refractivity contribution in [3.05, 3.63) is 0 Å². The molecule has 5 nitrogen and oxygen atoms in total. The first kappa shape index (κ1) is 15.7. The topological polar surface area (TPSA) is 57.1 Å². The number of rotatable bonds is 2. The third-order valence-electron chi connectivity index (χ3n) is 6.89. The highest BCUT2D eigenvalue weighted by Gasteiger charge is 2.53. The first-order valence-electron chi connectivity index (χ1n) is 9.40. The van der Waals surface area contributed by atoms with Crippen molar-refractivity contribution in [2.24, 2.45) is 22.2 Å². The van der Waals surface area contributed by atoms with Crippen LogP contribution < -0.4 is 5.32 Å². The molecule has 1 saturated carbocycles. The van der Waals surface area contributed by atoms with Crippen LogP contribution in [0.5, 0.6) is 0 Å². The van der Waals surface area contributed by atoms with Gasteiger partial charge in [-0.2, -0.15) is 0 Å². The van der Waals surface area contributed by atoms with E-state index in [1.165, 1.54) is 19.3 Å². The minimum atomic E-state index is -0.191. The molecule has 0 spiro atoms. The summed E-state index contributed by atoms with van der Waals surface area (Å²) in [6.07, 6.45) is 7.70. The van der Waals surface area contributed by atoms with Crippen molar-refractivity contribution in [3.63, 3.8) is 0 Å². The Bertz CT molecular complexity index is 465. The molecule has 6 atom stereocenters. The molecule has 3 aliphatic heterocycles. The number of aliphatic hydroxyl groups is 1. The van der Waals surface area contributed by atoms with Gasteiger partial charge in [-0.05, 0) is 25.7 Å². The van der Waals surface area contributed by atoms with Gasteiger partial charge in [-0.1, -0.05) is 19.8 Å². The Morgan fingerprint density at radius 1 is 1.22 bits per heavy atom. The van der Waals surface area contributed by atoms with E-state index in [1.54, 1.807) is 0 Å². The summed E-state index contributed by atoms with van der Waals surface area (Å²) in [5.41, 5.74) is -0.0219. The van der Waals surface area contributed by atoms with Crippen LogP contribution in [0.3, 0.4) is 0 Å². The number of hydrogen-bond acceptors (Lipinski definition) is 3. The number of nitrogens with one attached hydrogen (secondary N) is 1. The number of aliphatic imine (C=N–C) groups is 1. The number of likely N-dealkylation sites (tertiary alicyclic amines) is 1. The third-order valence-corrected chi connectivity index (χ3v) is 6.89. The summed E-state index contributed by atoms with van der Waals surface area (Å²) in [5.74, 6) is 2.41. The molecule has 6 unspecified atom stereocenters. The van der Waals surface area contributed by atoms with E-state index in [9.17, 15) is 5.11 Å². The molecule has 5 heteroatoms. The average molecular weight is 321 g/mol. The first-order valence-corrected chi connectivity index (χ1v) is 9.40. The van der Waals surface area contributed by atoms with E-state index < -0.39 is 0 Å². The van der Waals surface area contributed by atoms with Crippen molar-refractivity contribution in [2.75, 3.05) is 26.7 Å². The van der Waals surface area contributed by atoms with Crippen LogP contribution in [0, 0.1) is 17.3 Å². The number of guanidine groups is 1. The van der Waals surface area contributed by atoms with Crippen LogP contribution >= 0.6 is 0 Å². The molecule has 2 bridgehead atoms. The summed E-state index contributed by atoms with van der Waals surface area (Å²) in [6, 6.07) is 0. The molecule has 3 heterocycles. The highest BCUT2D eigenvalue weighted by Crippen LogP contribution is 2.47. The fourth-order valence-corrected chi connectivity index (χ4v) is 5.33. The van der Waals surface area contributed by atoms with Gasteiger partial charge in [-0.3, -0.25) is 4.99 Å². The zero-order chi connectivity index (χ0) is 16.0. The largest absolute Gasteiger partial charge is 0.392 e. The van der Waals surface area contributed by atoms with Crippen LogP contribution in [0.2, 0.25) is 0 Å². The molecule has 0 amide bonds. The van der Waals surface area contributed by atoms with Gasteiger partial charge < -0.3 is 20.1 Å². The Labute approximate surface area is 139 Å². The maximum Gasteiger partial charge on any atom is 0.193 e. The van der Waals surface area contributed by atoms with Gasteiger partial charge in [0.25, 0.3) is 0 Å². The van der Waals surface area contributed by atoms with E-state index in [-0.39, 0.29) is 11.5 Å². The van der Waals surface area contributed by atoms with Crippen molar-refractivity contribution in [3.8, 4) is 0 Å². The second kappa shape index (κ2) is 5.92. The Hall–Kier alpha value is -0.810. The summed E-state index contributed by atoms with van der Waals surface area (Å²) >= 11 is 0. The lowest BCUT2D eigenvalue weighted by Gasteiger charge is -2.39. The smallest absolute Gasteiger partial charge is 0.193 e. The van der Waals surface area contributed by atoms with E-state index >= 15 is 0 Å². The molecule has 0 aromatic carbocycles. The zero-order valence-corrected chi connectivity index (χ0v) is 14.5. The summed E-state index contributed by atoms with van der Waals surface area (Å²) < 4.78 is 6.07. The molecule has 1 aliphatic carbocycles. The van der Waals surface area contributed by atoms with Gasteiger partial charge >= 0.3 is 0 Å². The van der Waals surface area contributed by atoms with Crippen LogP contribution in [-0.4, -0.2) is 61.0 Å². The molecule has 0 aromatic heterocycles. The fourth-order valence-electron chi connectivity index (χ4n) is 5.33. The minimum absolute atomic E-state index is 0.0219. The summed E-state index contributed by atoms with van der Waals surface area (Å²) in [4.78, 5) is 6.94. The van der Waals surface area contributed by atoms with Crippen LogP contribution in [0.4, 0.5) is 0 Å². The highest BCUT2D eigenvalue weighted by molar-refractivity contribution is 5.80. The maximum atomic E-state index is 10.4. The monoisotopic (exact) mass is 321 g/mol. The van der Waals surface area contributed by atoms with Crippen LogP contribution in [-0.2, 0) is 4.74 Å². The van der Waals surface area contributed by atoms with E-state index in [1.807, 2.05) is 7.05 Å². The van der Waals surface area contributed by atoms with E-state index in [0.29, 0.717) is 24.0 Å². The van der Waals surface area contributed by atoms with Crippen molar-refractivity contribution >= 4 is 5.96 Å². The van der Waals surface area contributed by atoms with Crippen molar-refractivity contribution in [2.45, 2.75) is 63.8 Å². The molecule has 23 heavy (non-hydrogen) atoms. The molecule has 4 aliphatic rings. The second-order valence-electron chi connectivity index (χ2n) is 8.34. The van der Waals surface area contributed by atoms with Gasteiger partial charge in [0.15, 0.2) is 5.96 Å². The Morgan fingerprint density at radius 2 is 1.91 bits per heavy atom. The van der Waals surface area contributed by atoms with E-state index in [2.05, 4.69) is 22.1 Å². The third kappa shape index (κ3) is 2.66. The quantitative estimate of drug-likeness (QED) is 0.599. The average Bonchev–Trinajstić information content (AvgIpc) is 3.23. The number of fused-ring (bicyclic) bond motifs is 5. The predicted molar refractivity (Wildman–Crippen MR) is 90.4 cm³/mol. The molecule has 0 aromatic rings. The fraction of sp³-hybridized carbons (Fsp3) is 0.944. The summed E-state index contributed by atoms with van der Waals surface area (Å²) in [6.45, 7) is 5.18. The van der Waals surface area contributed by atoms with Gasteiger partial charge in [-0.25, -0.2) is 0 Å². The van der Waals surface area contributed by atoms with Gasteiger partial charge in [0.2, 0.25) is 0 Å². The second-order valence-corrected chi connectivity index (χ2v) is 8.34. The summed E-state index contributed by atoms with van der Waals surface area (Å²) in [5, 5.41) is 13.9. The Balaban J connectivity index is 1.37. The van der Waals surface area contributed by atoms with Gasteiger partial charge in [0.1, 0.15) is 0 Å². The van der Waals surface area contributed by atoms with E-state index in [4.69, 9.17) is 4.74 Å². The van der Waals surface area contributed by atoms with E-state index in [0.717, 1.165) is 44.9 Å². The SMILES string of the molecule is CN=C(NCC1(C)CCCCC1O)N1CC2C3CCC(O3)C2C1. The van der Waals surface area contributed by atoms with Crippen LogP contribution in [0.1, 0.15) is 45.4 Å². The molecule has 4 fully saturated rings. The molecule has 130 valence electrons. The van der Waals surface area contributed by atoms with Crippen LogP contribution in [0.15, 0.2) is 4.99 Å². The Kier molecular flexibility index (Phi) is 4.04. The predicted octanol–water partition coefficient (Wildman–Crippen LogP) is 1.61. The normalized spacial score (nSPS) is 46.3. The summed E-state index contributed by atoms with van der Waals surface area (Å²) in [7, 11) is 1.88. The van der Waals surface area contributed by atoms with Crippen LogP contribution in [0.25, 0.3) is 0 Å². The standard InChI is InChI=1S/C18H31N3O2/c1-18(8-4-3-5-16(18)22)11-20-17(19-2)21-9-12-13(10-21)15-7-6-14(12)23-15/h12-16,22H,3-11H2,1-2H3,(H,19,20). The van der Waals surface area contributed by atoms with Gasteiger partial charge in [-0.15, -0.1) is 0 Å². The number of ether oxygens (including phenoxy) is 1. The molecule has 0 radical (unpaired) electrons. The number of nitrogens with zero attached hydrogens (tertiary/aromatic N) is 2. The molecular formula is C18H31N3O2. The van der Waals surface area contributed by atoms with Crippen molar-refractivity contribution in [1.29, 1.82) is 0 Å².